The molecule has 0 saturated carbocycles. The van der Waals surface area contributed by atoms with Crippen LogP contribution < -0.4 is 10.6 Å². The maximum atomic E-state index is 12.4. The molecular weight excluding hydrogens is 336 g/mol. The van der Waals surface area contributed by atoms with Gasteiger partial charge >= 0.3 is 0 Å². The fourth-order valence-corrected chi connectivity index (χ4v) is 2.99. The first-order valence-corrected chi connectivity index (χ1v) is 8.49. The molecule has 0 fully saturated rings. The summed E-state index contributed by atoms with van der Waals surface area (Å²) in [5.41, 5.74) is 4.69. The number of halogens is 1. The number of nitrogens with one attached hydrogen (secondary N) is 2. The molecule has 1 aliphatic carbocycles. The number of rotatable bonds is 4. The summed E-state index contributed by atoms with van der Waals surface area (Å²) < 4.78 is 0. The fraction of sp³-hybridized carbons (Fsp3) is 0.200. The van der Waals surface area contributed by atoms with Crippen LogP contribution in [0.25, 0.3) is 0 Å². The minimum Gasteiger partial charge on any atom is -0.359 e. The van der Waals surface area contributed by atoms with Crippen molar-refractivity contribution in [3.8, 4) is 0 Å². The highest BCUT2D eigenvalue weighted by Gasteiger charge is 2.19. The van der Waals surface area contributed by atoms with Crippen LogP contribution in [0.1, 0.15) is 35.7 Å². The predicted octanol–water partition coefficient (Wildman–Crippen LogP) is 4.95. The number of carbonyl (C=O) groups excluding carboxylic acids is 2. The van der Waals surface area contributed by atoms with Gasteiger partial charge < -0.3 is 10.6 Å². The van der Waals surface area contributed by atoms with Crippen molar-refractivity contribution in [2.75, 3.05) is 10.6 Å². The molecule has 0 spiro atoms. The summed E-state index contributed by atoms with van der Waals surface area (Å²) in [5.74, 6) is -0.0884. The first kappa shape index (κ1) is 17.2. The van der Waals surface area contributed by atoms with Crippen LogP contribution in [0, 0.1) is 6.92 Å². The van der Waals surface area contributed by atoms with Gasteiger partial charge in [0, 0.05) is 29.1 Å². The normalized spacial score (nSPS) is 14.0. The van der Waals surface area contributed by atoms with Gasteiger partial charge in [0.2, 0.25) is 0 Å². The third-order valence-corrected chi connectivity index (χ3v) is 4.60. The molecule has 3 rings (SSSR count). The molecule has 0 atom stereocenters. The van der Waals surface area contributed by atoms with Gasteiger partial charge in [-0.2, -0.15) is 0 Å². The van der Waals surface area contributed by atoms with E-state index in [-0.39, 0.29) is 11.7 Å². The van der Waals surface area contributed by atoms with Crippen molar-refractivity contribution in [2.45, 2.75) is 26.7 Å². The Kier molecular flexibility index (Phi) is 4.91. The van der Waals surface area contributed by atoms with Crippen molar-refractivity contribution in [3.05, 3.63) is 69.9 Å². The van der Waals surface area contributed by atoms with Crippen LogP contribution in [0.5, 0.6) is 0 Å². The molecule has 25 heavy (non-hydrogen) atoms. The molecule has 4 nitrogen and oxygen atoms in total. The number of Topliss-reactive ketones (excluding diaryl/α,β-unsaturated/α-hetero) is 1. The lowest BCUT2D eigenvalue weighted by Gasteiger charge is -2.11. The summed E-state index contributed by atoms with van der Waals surface area (Å²) in [6.07, 6.45) is 1.25. The van der Waals surface area contributed by atoms with Crippen molar-refractivity contribution >= 4 is 34.7 Å². The van der Waals surface area contributed by atoms with Crippen molar-refractivity contribution in [2.24, 2.45) is 0 Å². The van der Waals surface area contributed by atoms with Gasteiger partial charge in [0.05, 0.1) is 10.6 Å². The van der Waals surface area contributed by atoms with E-state index < -0.39 is 0 Å². The highest BCUT2D eigenvalue weighted by atomic mass is 35.5. The van der Waals surface area contributed by atoms with Crippen LogP contribution in [0.3, 0.4) is 0 Å². The number of carbonyl (C=O) groups is 2. The summed E-state index contributed by atoms with van der Waals surface area (Å²) in [7, 11) is 0. The predicted molar refractivity (Wildman–Crippen MR) is 101 cm³/mol. The molecule has 0 aliphatic heterocycles. The van der Waals surface area contributed by atoms with E-state index in [0.29, 0.717) is 23.4 Å². The standard InChI is InChI=1S/C20H19ClN2O2/c1-12-3-5-14(6-4-12)23-20(25)16-8-7-15(11-17(16)21)22-18-9-10-19(24)13(18)2/h3-8,11,22H,9-10H2,1-2H3,(H,23,25). The zero-order valence-electron chi connectivity index (χ0n) is 14.2. The minimum absolute atomic E-state index is 0.169. The molecular formula is C20H19ClN2O2. The van der Waals surface area contributed by atoms with E-state index in [2.05, 4.69) is 10.6 Å². The van der Waals surface area contributed by atoms with E-state index in [4.69, 9.17) is 11.6 Å². The van der Waals surface area contributed by atoms with Crippen LogP contribution in [0.2, 0.25) is 5.02 Å². The first-order valence-electron chi connectivity index (χ1n) is 8.11. The highest BCUT2D eigenvalue weighted by molar-refractivity contribution is 6.34. The lowest BCUT2D eigenvalue weighted by atomic mass is 10.1. The number of hydrogen-bond acceptors (Lipinski definition) is 3. The second kappa shape index (κ2) is 7.11. The Bertz CT molecular complexity index is 870. The van der Waals surface area contributed by atoms with Gasteiger partial charge in [0.25, 0.3) is 5.91 Å². The Balaban J connectivity index is 1.74. The average molecular weight is 355 g/mol. The van der Waals surface area contributed by atoms with E-state index in [0.717, 1.165) is 28.2 Å². The van der Waals surface area contributed by atoms with Gasteiger partial charge in [-0.15, -0.1) is 0 Å². The molecule has 0 radical (unpaired) electrons. The second-order valence-electron chi connectivity index (χ2n) is 6.17. The lowest BCUT2D eigenvalue weighted by Crippen LogP contribution is -2.12. The molecule has 2 aromatic rings. The van der Waals surface area contributed by atoms with Gasteiger partial charge in [-0.25, -0.2) is 0 Å². The van der Waals surface area contributed by atoms with Gasteiger partial charge in [0.1, 0.15) is 0 Å². The number of allylic oxidation sites excluding steroid dienone is 2. The smallest absolute Gasteiger partial charge is 0.257 e. The maximum absolute atomic E-state index is 12.4. The number of aryl methyl sites for hydroxylation is 1. The van der Waals surface area contributed by atoms with E-state index in [9.17, 15) is 9.59 Å². The van der Waals surface area contributed by atoms with Crippen LogP contribution in [-0.4, -0.2) is 11.7 Å². The SMILES string of the molecule is CC1=C(Nc2ccc(C(=O)Nc3ccc(C)cc3)c(Cl)c2)CCC1=O. The minimum atomic E-state index is -0.258. The van der Waals surface area contributed by atoms with Crippen molar-refractivity contribution in [1.82, 2.24) is 0 Å². The molecule has 2 aromatic carbocycles. The third kappa shape index (κ3) is 3.91. The highest BCUT2D eigenvalue weighted by Crippen LogP contribution is 2.27. The zero-order chi connectivity index (χ0) is 18.0. The van der Waals surface area contributed by atoms with E-state index >= 15 is 0 Å². The number of ketones is 1. The topological polar surface area (TPSA) is 58.2 Å². The number of amides is 1. The quantitative estimate of drug-likeness (QED) is 0.816. The average Bonchev–Trinajstić information content (AvgIpc) is 2.89. The van der Waals surface area contributed by atoms with Crippen LogP contribution in [0.4, 0.5) is 11.4 Å². The molecule has 0 unspecified atom stereocenters. The van der Waals surface area contributed by atoms with E-state index in [1.807, 2.05) is 38.1 Å². The van der Waals surface area contributed by atoms with Crippen LogP contribution in [0.15, 0.2) is 53.7 Å². The number of hydrogen-bond donors (Lipinski definition) is 2. The third-order valence-electron chi connectivity index (χ3n) is 4.29. The van der Waals surface area contributed by atoms with Gasteiger partial charge in [-0.3, -0.25) is 9.59 Å². The van der Waals surface area contributed by atoms with Crippen LogP contribution in [-0.2, 0) is 4.79 Å². The molecule has 2 N–H and O–H groups in total. The molecule has 1 amide bonds. The summed E-state index contributed by atoms with van der Waals surface area (Å²) in [6, 6.07) is 12.7. The Hall–Kier alpha value is -2.59. The monoisotopic (exact) mass is 354 g/mol. The van der Waals surface area contributed by atoms with Gasteiger partial charge in [0.15, 0.2) is 5.78 Å². The summed E-state index contributed by atoms with van der Waals surface area (Å²) in [5, 5.41) is 6.42. The Morgan fingerprint density at radius 3 is 2.28 bits per heavy atom. The van der Waals surface area contributed by atoms with Crippen molar-refractivity contribution < 1.29 is 9.59 Å². The number of benzene rings is 2. The maximum Gasteiger partial charge on any atom is 0.257 e. The van der Waals surface area contributed by atoms with E-state index in [1.165, 1.54) is 0 Å². The second-order valence-corrected chi connectivity index (χ2v) is 6.57. The Morgan fingerprint density at radius 1 is 1.00 bits per heavy atom. The van der Waals surface area contributed by atoms with Crippen LogP contribution >= 0.6 is 11.6 Å². The summed E-state index contributed by atoms with van der Waals surface area (Å²) in [4.78, 5) is 24.0. The molecule has 5 heteroatoms. The van der Waals surface area contributed by atoms with E-state index in [1.54, 1.807) is 18.2 Å². The molecule has 0 aromatic heterocycles. The van der Waals surface area contributed by atoms with Crippen molar-refractivity contribution in [3.63, 3.8) is 0 Å². The molecule has 0 saturated heterocycles. The summed E-state index contributed by atoms with van der Waals surface area (Å²) >= 11 is 6.28. The van der Waals surface area contributed by atoms with Gasteiger partial charge in [-0.05, 0) is 50.6 Å². The molecule has 0 bridgehead atoms. The Labute approximate surface area is 151 Å². The molecule has 0 heterocycles. The summed E-state index contributed by atoms with van der Waals surface area (Å²) in [6.45, 7) is 3.81. The largest absolute Gasteiger partial charge is 0.359 e. The molecule has 128 valence electrons. The lowest BCUT2D eigenvalue weighted by molar-refractivity contribution is -0.114. The number of anilines is 2. The first-order chi connectivity index (χ1) is 11.9. The Morgan fingerprint density at radius 2 is 1.68 bits per heavy atom. The fourth-order valence-electron chi connectivity index (χ4n) is 2.72. The molecule has 1 aliphatic rings. The van der Waals surface area contributed by atoms with Crippen molar-refractivity contribution in [1.29, 1.82) is 0 Å². The zero-order valence-corrected chi connectivity index (χ0v) is 14.9. The van der Waals surface area contributed by atoms with Gasteiger partial charge in [-0.1, -0.05) is 29.3 Å².